The van der Waals surface area contributed by atoms with Crippen LogP contribution in [0, 0.1) is 35.5 Å². The van der Waals surface area contributed by atoms with Crippen molar-refractivity contribution in [2.45, 2.75) is 135 Å². The molecule has 180 valence electrons. The van der Waals surface area contributed by atoms with E-state index in [0.29, 0.717) is 25.2 Å². The number of hydrogen-bond acceptors (Lipinski definition) is 1. The summed E-state index contributed by atoms with van der Waals surface area (Å²) < 4.78 is 29.9. The summed E-state index contributed by atoms with van der Waals surface area (Å²) in [5.74, 6) is 2.20. The number of ketones is 1. The van der Waals surface area contributed by atoms with Crippen molar-refractivity contribution in [3.63, 3.8) is 0 Å². The van der Waals surface area contributed by atoms with Crippen molar-refractivity contribution in [2.75, 3.05) is 0 Å². The van der Waals surface area contributed by atoms with Crippen LogP contribution in [0.15, 0.2) is 0 Å². The minimum absolute atomic E-state index is 0.149. The van der Waals surface area contributed by atoms with Gasteiger partial charge in [-0.3, -0.25) is 4.79 Å². The molecule has 2 unspecified atom stereocenters. The molecule has 3 rings (SSSR count). The Morgan fingerprint density at radius 3 is 1.71 bits per heavy atom. The molecule has 0 heterocycles. The molecule has 3 saturated carbocycles. The summed E-state index contributed by atoms with van der Waals surface area (Å²) in [5.41, 5.74) is 0. The van der Waals surface area contributed by atoms with Gasteiger partial charge in [-0.05, 0) is 87.4 Å². The number of unbranched alkanes of at least 4 members (excludes halogenated alkanes) is 3. The fraction of sp³-hybridized carbons (Fsp3) is 0.964. The number of carbonyl (C=O) groups excluding carboxylic acids is 1. The molecule has 3 aliphatic carbocycles. The van der Waals surface area contributed by atoms with Crippen LogP contribution in [0.2, 0.25) is 0 Å². The Hall–Kier alpha value is -0.470. The van der Waals surface area contributed by atoms with Crippen LogP contribution >= 0.6 is 0 Å². The lowest BCUT2D eigenvalue weighted by atomic mass is 9.64. The maximum absolute atomic E-state index is 14.9. The first-order valence-corrected chi connectivity index (χ1v) is 13.8. The van der Waals surface area contributed by atoms with E-state index in [9.17, 15) is 13.6 Å². The first-order chi connectivity index (χ1) is 15.0. The van der Waals surface area contributed by atoms with E-state index >= 15 is 0 Å². The molecule has 0 aromatic carbocycles. The summed E-state index contributed by atoms with van der Waals surface area (Å²) in [6.45, 7) is 4.43. The zero-order valence-corrected chi connectivity index (χ0v) is 20.3. The Morgan fingerprint density at radius 2 is 1.19 bits per heavy atom. The van der Waals surface area contributed by atoms with Crippen LogP contribution in [0.1, 0.15) is 123 Å². The Kier molecular flexibility index (Phi) is 10.3. The van der Waals surface area contributed by atoms with E-state index in [1.165, 1.54) is 51.4 Å². The average molecular weight is 439 g/mol. The lowest BCUT2D eigenvalue weighted by molar-refractivity contribution is -0.130. The molecule has 1 nitrogen and oxygen atoms in total. The van der Waals surface area contributed by atoms with Crippen molar-refractivity contribution in [3.05, 3.63) is 0 Å². The van der Waals surface area contributed by atoms with Crippen molar-refractivity contribution in [3.8, 4) is 0 Å². The normalized spacial score (nSPS) is 39.4. The van der Waals surface area contributed by atoms with Crippen LogP contribution in [0.4, 0.5) is 8.78 Å². The summed E-state index contributed by atoms with van der Waals surface area (Å²) in [4.78, 5) is 12.5. The Morgan fingerprint density at radius 1 is 0.677 bits per heavy atom. The second-order valence-corrected chi connectivity index (χ2v) is 11.3. The largest absolute Gasteiger partial charge is 0.299 e. The van der Waals surface area contributed by atoms with E-state index in [2.05, 4.69) is 13.8 Å². The first-order valence-electron chi connectivity index (χ1n) is 13.8. The quantitative estimate of drug-likeness (QED) is 0.312. The van der Waals surface area contributed by atoms with Gasteiger partial charge in [-0.25, -0.2) is 8.78 Å². The predicted molar refractivity (Wildman–Crippen MR) is 126 cm³/mol. The molecule has 0 radical (unpaired) electrons. The smallest absolute Gasteiger partial charge is 0.141 e. The van der Waals surface area contributed by atoms with Gasteiger partial charge < -0.3 is 0 Å². The number of alkyl halides is 2. The van der Waals surface area contributed by atoms with E-state index in [0.717, 1.165) is 56.3 Å². The van der Waals surface area contributed by atoms with Crippen molar-refractivity contribution >= 4 is 5.78 Å². The summed E-state index contributed by atoms with van der Waals surface area (Å²) in [7, 11) is 0. The van der Waals surface area contributed by atoms with Gasteiger partial charge >= 0.3 is 0 Å². The highest BCUT2D eigenvalue weighted by molar-refractivity contribution is 5.82. The van der Waals surface area contributed by atoms with Gasteiger partial charge in [0.05, 0.1) is 5.92 Å². The average Bonchev–Trinajstić information content (AvgIpc) is 2.77. The standard InChI is InChI=1S/C28H48F2O/c1-3-5-6-7-9-27(31)28-25(29)18-24(19-26(28)30)23-16-14-22(15-17-23)21-12-10-20(8-4-2)11-13-21/h20-26,28H,3-19H2,1-2H3. The Bertz CT molecular complexity index is 507. The van der Waals surface area contributed by atoms with Gasteiger partial charge in [0.1, 0.15) is 18.1 Å². The summed E-state index contributed by atoms with van der Waals surface area (Å²) in [6, 6.07) is 0. The molecule has 0 aliphatic heterocycles. The van der Waals surface area contributed by atoms with E-state index < -0.39 is 18.3 Å². The highest BCUT2D eigenvalue weighted by atomic mass is 19.1. The molecule has 0 amide bonds. The third kappa shape index (κ3) is 7.00. The summed E-state index contributed by atoms with van der Waals surface area (Å²) in [6.07, 6.45) is 15.9. The molecule has 3 aliphatic rings. The minimum atomic E-state index is -1.26. The summed E-state index contributed by atoms with van der Waals surface area (Å²) in [5, 5.41) is 0. The van der Waals surface area contributed by atoms with Gasteiger partial charge in [-0.2, -0.15) is 0 Å². The molecule has 0 saturated heterocycles. The van der Waals surface area contributed by atoms with Crippen LogP contribution in [-0.4, -0.2) is 18.1 Å². The predicted octanol–water partition coefficient (Wildman–Crippen LogP) is 8.64. The van der Waals surface area contributed by atoms with Crippen molar-refractivity contribution in [1.29, 1.82) is 0 Å². The molecule has 3 heteroatoms. The zero-order chi connectivity index (χ0) is 22.2. The Balaban J connectivity index is 1.41. The zero-order valence-electron chi connectivity index (χ0n) is 20.3. The number of Topliss-reactive ketones (excluding diaryl/α,β-unsaturated/α-hetero) is 1. The first kappa shape index (κ1) is 25.2. The van der Waals surface area contributed by atoms with Crippen molar-refractivity contribution in [2.24, 2.45) is 35.5 Å². The minimum Gasteiger partial charge on any atom is -0.299 e. The van der Waals surface area contributed by atoms with Crippen LogP contribution < -0.4 is 0 Å². The fourth-order valence-corrected chi connectivity index (χ4v) is 7.32. The molecule has 0 aromatic rings. The van der Waals surface area contributed by atoms with Gasteiger partial charge in [-0.1, -0.05) is 58.8 Å². The van der Waals surface area contributed by atoms with E-state index in [1.807, 2.05) is 0 Å². The molecule has 0 bridgehead atoms. The van der Waals surface area contributed by atoms with Gasteiger partial charge in [0.25, 0.3) is 0 Å². The van der Waals surface area contributed by atoms with E-state index in [4.69, 9.17) is 0 Å². The van der Waals surface area contributed by atoms with Crippen LogP contribution in [0.3, 0.4) is 0 Å². The van der Waals surface area contributed by atoms with Crippen molar-refractivity contribution < 1.29 is 13.6 Å². The third-order valence-corrected chi connectivity index (χ3v) is 9.22. The molecular weight excluding hydrogens is 390 g/mol. The monoisotopic (exact) mass is 438 g/mol. The van der Waals surface area contributed by atoms with Gasteiger partial charge in [0.15, 0.2) is 0 Å². The molecule has 2 atom stereocenters. The molecule has 0 spiro atoms. The summed E-state index contributed by atoms with van der Waals surface area (Å²) >= 11 is 0. The molecular formula is C28H48F2O. The highest BCUT2D eigenvalue weighted by Gasteiger charge is 2.45. The van der Waals surface area contributed by atoms with Gasteiger partial charge in [0, 0.05) is 6.42 Å². The topological polar surface area (TPSA) is 17.1 Å². The Labute approximate surface area is 190 Å². The molecule has 0 N–H and O–H groups in total. The lowest BCUT2D eigenvalue weighted by Crippen LogP contribution is -2.43. The number of halogens is 2. The third-order valence-electron chi connectivity index (χ3n) is 9.22. The van der Waals surface area contributed by atoms with Crippen LogP contribution in [0.25, 0.3) is 0 Å². The highest BCUT2D eigenvalue weighted by Crippen LogP contribution is 2.47. The van der Waals surface area contributed by atoms with E-state index in [1.54, 1.807) is 0 Å². The maximum Gasteiger partial charge on any atom is 0.141 e. The second kappa shape index (κ2) is 12.7. The molecule has 31 heavy (non-hydrogen) atoms. The van der Waals surface area contributed by atoms with Crippen LogP contribution in [-0.2, 0) is 4.79 Å². The van der Waals surface area contributed by atoms with Crippen molar-refractivity contribution in [1.82, 2.24) is 0 Å². The fourth-order valence-electron chi connectivity index (χ4n) is 7.32. The number of rotatable bonds is 10. The van der Waals surface area contributed by atoms with E-state index in [-0.39, 0.29) is 11.7 Å². The maximum atomic E-state index is 14.9. The number of hydrogen-bond donors (Lipinski definition) is 0. The number of carbonyl (C=O) groups is 1. The second-order valence-electron chi connectivity index (χ2n) is 11.3. The SMILES string of the molecule is CCCCCCC(=O)C1C(F)CC(C2CCC(C3CCC(CCC)CC3)CC2)CC1F. The molecule has 0 aromatic heterocycles. The van der Waals surface area contributed by atoms with Gasteiger partial charge in [-0.15, -0.1) is 0 Å². The van der Waals surface area contributed by atoms with Crippen LogP contribution in [0.5, 0.6) is 0 Å². The lowest BCUT2D eigenvalue weighted by Gasteiger charge is -2.42. The van der Waals surface area contributed by atoms with Gasteiger partial charge in [0.2, 0.25) is 0 Å². The molecule has 3 fully saturated rings.